The molecule has 1 heterocycles. The van der Waals surface area contributed by atoms with Gasteiger partial charge in [0, 0.05) is 11.5 Å². The Hall–Kier alpha value is -6.77. The standard InChI is InChI=1S/C32H12BF24.C15H17N2O/c34-25(35,36)13-1-14(26(37,38)39)6-21(5-13)33(22-7-15(27(40,41)42)2-16(8-22)28(43,44)45,23-9-17(29(46,47)48)3-18(10-23)30(49,50)51)24-11-19(31(52,53)54)4-20(12-24)32(55,56)57;1-12(2)14-10-17(9-8-16-14)11-15(18)13-6-4-3-5-7-13/h1-12H;3-10,12H,11H2,1-2H3/q-1;+1. The number of benzene rings is 5. The van der Waals surface area contributed by atoms with E-state index in [0.29, 0.717) is 12.5 Å². The van der Waals surface area contributed by atoms with Gasteiger partial charge in [-0.2, -0.15) is 132 Å². The second-order valence-corrected chi connectivity index (χ2v) is 16.8. The van der Waals surface area contributed by atoms with E-state index in [1.807, 2.05) is 47.3 Å². The van der Waals surface area contributed by atoms with Gasteiger partial charge >= 0.3 is 49.4 Å². The molecule has 0 spiro atoms. The first-order valence-electron chi connectivity index (χ1n) is 20.7. The number of hydrogen-bond acceptors (Lipinski definition) is 2. The molecule has 0 N–H and O–H groups in total. The molecule has 0 aliphatic rings. The van der Waals surface area contributed by atoms with Gasteiger partial charge in [-0.15, -0.1) is 0 Å². The molecule has 0 bridgehead atoms. The van der Waals surface area contributed by atoms with Crippen molar-refractivity contribution < 1.29 is 115 Å². The molecule has 5 aromatic carbocycles. The Bertz CT molecular complexity index is 2580. The van der Waals surface area contributed by atoms with Crippen LogP contribution in [0.4, 0.5) is 105 Å². The number of carbonyl (C=O) groups excluding carboxylic acids is 1. The van der Waals surface area contributed by atoms with E-state index in [2.05, 4.69) is 18.8 Å². The van der Waals surface area contributed by atoms with Crippen molar-refractivity contribution in [3.8, 4) is 0 Å². The van der Waals surface area contributed by atoms with Crippen molar-refractivity contribution in [1.29, 1.82) is 0 Å². The molecule has 0 aliphatic heterocycles. The van der Waals surface area contributed by atoms with Crippen molar-refractivity contribution >= 4 is 33.8 Å². The van der Waals surface area contributed by atoms with Crippen LogP contribution in [0.25, 0.3) is 0 Å². The van der Waals surface area contributed by atoms with Crippen molar-refractivity contribution in [2.24, 2.45) is 0 Å². The topological polar surface area (TPSA) is 33.8 Å². The minimum Gasteiger partial charge on any atom is -0.287 e. The summed E-state index contributed by atoms with van der Waals surface area (Å²) in [4.78, 5) is 16.3. The highest BCUT2D eigenvalue weighted by Crippen LogP contribution is 2.41. The Labute approximate surface area is 406 Å². The number of carbonyl (C=O) groups is 1. The minimum absolute atomic E-state index is 0.113. The van der Waals surface area contributed by atoms with Crippen LogP contribution in [0.2, 0.25) is 0 Å². The van der Waals surface area contributed by atoms with Crippen LogP contribution in [0, 0.1) is 0 Å². The average Bonchev–Trinajstić information content (AvgIpc) is 3.27. The fourth-order valence-electron chi connectivity index (χ4n) is 7.80. The van der Waals surface area contributed by atoms with Crippen molar-refractivity contribution in [1.82, 2.24) is 4.98 Å². The summed E-state index contributed by atoms with van der Waals surface area (Å²) >= 11 is 0. The van der Waals surface area contributed by atoms with Crippen LogP contribution in [0.1, 0.15) is 80.3 Å². The first-order valence-corrected chi connectivity index (χ1v) is 20.7. The molecule has 75 heavy (non-hydrogen) atoms. The second kappa shape index (κ2) is 20.4. The molecule has 0 unspecified atom stereocenters. The van der Waals surface area contributed by atoms with Crippen LogP contribution < -0.4 is 26.4 Å². The number of nitrogens with zero attached hydrogens (tertiary/aromatic N) is 2. The highest BCUT2D eigenvalue weighted by Gasteiger charge is 2.47. The number of alkyl halides is 24. The van der Waals surface area contributed by atoms with Crippen LogP contribution >= 0.6 is 0 Å². The Kier molecular flexibility index (Phi) is 16.1. The molecule has 0 aliphatic carbocycles. The van der Waals surface area contributed by atoms with E-state index in [1.165, 1.54) is 0 Å². The SMILES string of the molecule is CC(C)c1c[n+](CC(=O)c2ccccc2)ccn1.FC(F)(F)c1cc([B-](c2cc(C(F)(F)F)cc(C(F)(F)F)c2)(c2cc(C(F)(F)F)cc(C(F)(F)F)c2)c2cc(C(F)(F)F)cc(C(F)(F)F)c2)cc(C(F)(F)F)c1. The van der Waals surface area contributed by atoms with E-state index in [1.54, 1.807) is 6.20 Å². The van der Waals surface area contributed by atoms with Crippen LogP contribution in [-0.4, -0.2) is 16.9 Å². The van der Waals surface area contributed by atoms with E-state index in [-0.39, 0.29) is 5.78 Å². The first kappa shape index (κ1) is 59.1. The summed E-state index contributed by atoms with van der Waals surface area (Å²) in [7, 11) is 0. The van der Waals surface area contributed by atoms with Gasteiger partial charge in [-0.25, -0.2) is 4.98 Å². The van der Waals surface area contributed by atoms with Crippen molar-refractivity contribution in [2.45, 2.75) is 75.7 Å². The fourth-order valence-corrected chi connectivity index (χ4v) is 7.80. The van der Waals surface area contributed by atoms with Gasteiger partial charge in [0.1, 0.15) is 11.8 Å². The zero-order chi connectivity index (χ0) is 56.9. The molecule has 3 nitrogen and oxygen atoms in total. The average molecular weight is 1100 g/mol. The number of rotatable bonds is 8. The minimum atomic E-state index is -6.13. The quantitative estimate of drug-likeness (QED) is 0.0659. The molecule has 0 radical (unpaired) electrons. The number of halogens is 24. The molecule has 0 amide bonds. The van der Waals surface area contributed by atoms with Gasteiger partial charge in [0.2, 0.25) is 12.3 Å². The van der Waals surface area contributed by atoms with Gasteiger partial charge in [0.15, 0.2) is 12.4 Å². The second-order valence-electron chi connectivity index (χ2n) is 16.8. The van der Waals surface area contributed by atoms with Crippen LogP contribution in [0.15, 0.2) is 122 Å². The van der Waals surface area contributed by atoms with Crippen LogP contribution in [0.5, 0.6) is 0 Å². The molecular formula is C47H29BF24N2O. The molecule has 0 saturated carbocycles. The van der Waals surface area contributed by atoms with Gasteiger partial charge in [-0.05, 0) is 24.3 Å². The maximum absolute atomic E-state index is 14.2. The lowest BCUT2D eigenvalue weighted by molar-refractivity contribution is -0.684. The summed E-state index contributed by atoms with van der Waals surface area (Å²) < 4.78 is 343. The van der Waals surface area contributed by atoms with Crippen molar-refractivity contribution in [2.75, 3.05) is 0 Å². The van der Waals surface area contributed by atoms with Crippen LogP contribution in [-0.2, 0) is 56.0 Å². The molecular weight excluding hydrogens is 1080 g/mol. The van der Waals surface area contributed by atoms with Gasteiger partial charge in [0.25, 0.3) is 0 Å². The lowest BCUT2D eigenvalue weighted by Crippen LogP contribution is -2.75. The third-order valence-corrected chi connectivity index (χ3v) is 11.2. The summed E-state index contributed by atoms with van der Waals surface area (Å²) in [6.45, 7) is 4.53. The highest BCUT2D eigenvalue weighted by molar-refractivity contribution is 7.20. The Morgan fingerprint density at radius 1 is 0.427 bits per heavy atom. The molecule has 6 aromatic rings. The first-order chi connectivity index (χ1) is 33.9. The summed E-state index contributed by atoms with van der Waals surface area (Å²) in [5.74, 6) is 0.478. The fraction of sp³-hybridized carbons (Fsp3) is 0.255. The summed E-state index contributed by atoms with van der Waals surface area (Å²) in [5.41, 5.74) is -28.5. The zero-order valence-electron chi connectivity index (χ0n) is 37.3. The maximum atomic E-state index is 14.2. The lowest BCUT2D eigenvalue weighted by atomic mass is 9.12. The van der Waals surface area contributed by atoms with E-state index in [0.717, 1.165) is 11.3 Å². The molecule has 0 fully saturated rings. The van der Waals surface area contributed by atoms with Gasteiger partial charge < -0.3 is 0 Å². The van der Waals surface area contributed by atoms with Gasteiger partial charge in [-0.1, -0.05) is 92.7 Å². The normalized spacial score (nSPS) is 13.4. The van der Waals surface area contributed by atoms with E-state index in [4.69, 9.17) is 0 Å². The number of hydrogen-bond donors (Lipinski definition) is 0. The Morgan fingerprint density at radius 2 is 0.680 bits per heavy atom. The summed E-state index contributed by atoms with van der Waals surface area (Å²) in [6.07, 6.45) is -49.3. The van der Waals surface area contributed by atoms with Crippen molar-refractivity contribution in [3.63, 3.8) is 0 Å². The van der Waals surface area contributed by atoms with E-state index < -0.39 is 195 Å². The Balaban J connectivity index is 0.000000483. The number of Topliss-reactive ketones (excluding diaryl/α,β-unsaturated/α-hetero) is 1. The van der Waals surface area contributed by atoms with Crippen molar-refractivity contribution in [3.05, 3.63) is 177 Å². The zero-order valence-corrected chi connectivity index (χ0v) is 37.3. The lowest BCUT2D eigenvalue weighted by Gasteiger charge is -2.46. The molecule has 28 heteroatoms. The third-order valence-electron chi connectivity index (χ3n) is 11.2. The summed E-state index contributed by atoms with van der Waals surface area (Å²) in [6, 6.07) is 0.539. The van der Waals surface area contributed by atoms with Gasteiger partial charge in [-0.3, -0.25) is 4.79 Å². The third kappa shape index (κ3) is 13.9. The number of aromatic nitrogens is 2. The van der Waals surface area contributed by atoms with E-state index >= 15 is 0 Å². The molecule has 6 rings (SSSR count). The smallest absolute Gasteiger partial charge is 0.287 e. The molecule has 0 atom stereocenters. The maximum Gasteiger partial charge on any atom is 0.416 e. The monoisotopic (exact) mass is 1100 g/mol. The number of ketones is 1. The highest BCUT2D eigenvalue weighted by atomic mass is 19.4. The predicted molar refractivity (Wildman–Crippen MR) is 219 cm³/mol. The molecule has 0 saturated heterocycles. The molecule has 404 valence electrons. The summed E-state index contributed by atoms with van der Waals surface area (Å²) in [5, 5.41) is 0. The molecule has 1 aromatic heterocycles. The van der Waals surface area contributed by atoms with Gasteiger partial charge in [0.05, 0.1) is 50.7 Å². The Morgan fingerprint density at radius 3 is 0.907 bits per heavy atom. The van der Waals surface area contributed by atoms with E-state index in [9.17, 15) is 110 Å². The van der Waals surface area contributed by atoms with Crippen LogP contribution in [0.3, 0.4) is 0 Å². The predicted octanol–water partition coefficient (Wildman–Crippen LogP) is 13.6. The largest absolute Gasteiger partial charge is 0.416 e.